The third kappa shape index (κ3) is 2.51. The van der Waals surface area contributed by atoms with Crippen LogP contribution < -0.4 is 0 Å². The Balaban J connectivity index is 2.42. The van der Waals surface area contributed by atoms with E-state index < -0.39 is 0 Å². The summed E-state index contributed by atoms with van der Waals surface area (Å²) >= 11 is 5.25. The van der Waals surface area contributed by atoms with Crippen LogP contribution in [0.25, 0.3) is 0 Å². The molecule has 0 aliphatic rings. The van der Waals surface area contributed by atoms with Gasteiger partial charge in [-0.1, -0.05) is 19.1 Å². The van der Waals surface area contributed by atoms with E-state index in [1.807, 2.05) is 17.6 Å². The zero-order valence-corrected chi connectivity index (χ0v) is 11.3. The lowest BCUT2D eigenvalue weighted by atomic mass is 10.1. The predicted octanol–water partition coefficient (Wildman–Crippen LogP) is 3.64. The first-order valence-corrected chi connectivity index (χ1v) is 6.45. The maximum Gasteiger partial charge on any atom is 0.195 e. The molecule has 2 aromatic rings. The Morgan fingerprint density at radius 1 is 1.50 bits per heavy atom. The van der Waals surface area contributed by atoms with Crippen molar-refractivity contribution in [1.82, 2.24) is 14.8 Å². The Labute approximate surface area is 111 Å². The van der Waals surface area contributed by atoms with Gasteiger partial charge in [-0.3, -0.25) is 9.67 Å². The minimum absolute atomic E-state index is 0.0199. The fraction of sp³-hybridized carbons (Fsp3) is 0.385. The van der Waals surface area contributed by atoms with Gasteiger partial charge >= 0.3 is 0 Å². The standard InChI is InChI=1S/C13H16FN3S/c1-3-5-12-15-16-13(18)17(12)9(2)10-6-4-7-11(14)8-10/h4,6-9H,3,5H2,1-2H3,(H,16,18). The molecule has 1 atom stereocenters. The topological polar surface area (TPSA) is 33.6 Å². The highest BCUT2D eigenvalue weighted by atomic mass is 32.1. The Kier molecular flexibility index (Phi) is 3.91. The van der Waals surface area contributed by atoms with Crippen LogP contribution in [0.5, 0.6) is 0 Å². The molecule has 0 amide bonds. The van der Waals surface area contributed by atoms with Crippen molar-refractivity contribution in [1.29, 1.82) is 0 Å². The number of aryl methyl sites for hydroxylation is 1. The molecule has 2 rings (SSSR count). The van der Waals surface area contributed by atoms with Crippen molar-refractivity contribution in [2.75, 3.05) is 0 Å². The average Bonchev–Trinajstić information content (AvgIpc) is 2.70. The minimum Gasteiger partial charge on any atom is -0.297 e. The fourth-order valence-electron chi connectivity index (χ4n) is 2.05. The van der Waals surface area contributed by atoms with Crippen LogP contribution in [-0.4, -0.2) is 14.8 Å². The van der Waals surface area contributed by atoms with Crippen molar-refractivity contribution in [3.63, 3.8) is 0 Å². The van der Waals surface area contributed by atoms with Gasteiger partial charge in [0.2, 0.25) is 0 Å². The van der Waals surface area contributed by atoms with Crippen LogP contribution in [0, 0.1) is 10.6 Å². The van der Waals surface area contributed by atoms with E-state index in [-0.39, 0.29) is 11.9 Å². The molecule has 0 fully saturated rings. The maximum absolute atomic E-state index is 13.3. The molecule has 0 aliphatic heterocycles. The summed E-state index contributed by atoms with van der Waals surface area (Å²) in [6.07, 6.45) is 1.85. The monoisotopic (exact) mass is 265 g/mol. The van der Waals surface area contributed by atoms with Crippen molar-refractivity contribution >= 4 is 12.2 Å². The summed E-state index contributed by atoms with van der Waals surface area (Å²) in [7, 11) is 0. The minimum atomic E-state index is -0.230. The molecule has 1 aromatic heterocycles. The maximum atomic E-state index is 13.3. The molecular formula is C13H16FN3S. The lowest BCUT2D eigenvalue weighted by Crippen LogP contribution is -2.11. The Morgan fingerprint density at radius 3 is 2.94 bits per heavy atom. The van der Waals surface area contributed by atoms with E-state index in [0.29, 0.717) is 4.77 Å². The average molecular weight is 265 g/mol. The van der Waals surface area contributed by atoms with Gasteiger partial charge in [0.1, 0.15) is 11.6 Å². The van der Waals surface area contributed by atoms with Gasteiger partial charge in [-0.05, 0) is 43.3 Å². The van der Waals surface area contributed by atoms with Crippen LogP contribution in [0.15, 0.2) is 24.3 Å². The van der Waals surface area contributed by atoms with Gasteiger partial charge in [-0.25, -0.2) is 4.39 Å². The van der Waals surface area contributed by atoms with Gasteiger partial charge in [-0.15, -0.1) is 0 Å². The van der Waals surface area contributed by atoms with Gasteiger partial charge in [0, 0.05) is 6.42 Å². The number of aromatic amines is 1. The SMILES string of the molecule is CCCc1n[nH]c(=S)n1C(C)c1cccc(F)c1. The number of hydrogen-bond donors (Lipinski definition) is 1. The number of benzene rings is 1. The normalized spacial score (nSPS) is 12.6. The highest BCUT2D eigenvalue weighted by molar-refractivity contribution is 7.71. The number of hydrogen-bond acceptors (Lipinski definition) is 2. The van der Waals surface area contributed by atoms with Crippen molar-refractivity contribution in [3.8, 4) is 0 Å². The van der Waals surface area contributed by atoms with Gasteiger partial charge < -0.3 is 0 Å². The lowest BCUT2D eigenvalue weighted by Gasteiger charge is -2.16. The largest absolute Gasteiger partial charge is 0.297 e. The molecule has 3 nitrogen and oxygen atoms in total. The second kappa shape index (κ2) is 5.44. The van der Waals surface area contributed by atoms with Gasteiger partial charge in [-0.2, -0.15) is 5.10 Å². The second-order valence-electron chi connectivity index (χ2n) is 4.30. The summed E-state index contributed by atoms with van der Waals surface area (Å²) in [6, 6.07) is 6.57. The van der Waals surface area contributed by atoms with E-state index in [0.717, 1.165) is 24.2 Å². The van der Waals surface area contributed by atoms with Gasteiger partial charge in [0.15, 0.2) is 4.77 Å². The Bertz CT molecular complexity index is 588. The van der Waals surface area contributed by atoms with E-state index in [4.69, 9.17) is 12.2 Å². The summed E-state index contributed by atoms with van der Waals surface area (Å²) in [5.74, 6) is 0.686. The molecule has 0 bridgehead atoms. The molecule has 96 valence electrons. The summed E-state index contributed by atoms with van der Waals surface area (Å²) in [4.78, 5) is 0. The lowest BCUT2D eigenvalue weighted by molar-refractivity contribution is 0.577. The van der Waals surface area contributed by atoms with E-state index in [2.05, 4.69) is 17.1 Å². The van der Waals surface area contributed by atoms with Crippen LogP contribution in [0.4, 0.5) is 4.39 Å². The number of H-pyrrole nitrogens is 1. The molecule has 0 saturated heterocycles. The second-order valence-corrected chi connectivity index (χ2v) is 4.68. The number of aromatic nitrogens is 3. The number of rotatable bonds is 4. The molecule has 5 heteroatoms. The van der Waals surface area contributed by atoms with E-state index >= 15 is 0 Å². The summed E-state index contributed by atoms with van der Waals surface area (Å²) in [6.45, 7) is 4.09. The smallest absolute Gasteiger partial charge is 0.195 e. The zero-order chi connectivity index (χ0) is 13.1. The molecule has 1 N–H and O–H groups in total. The summed E-state index contributed by atoms with van der Waals surface area (Å²) < 4.78 is 15.8. The first kappa shape index (κ1) is 13.0. The first-order chi connectivity index (χ1) is 8.63. The molecule has 0 saturated carbocycles. The third-order valence-electron chi connectivity index (χ3n) is 2.97. The summed E-state index contributed by atoms with van der Waals surface area (Å²) in [5, 5.41) is 7.04. The van der Waals surface area contributed by atoms with Crippen LogP contribution >= 0.6 is 12.2 Å². The third-order valence-corrected chi connectivity index (χ3v) is 3.26. The highest BCUT2D eigenvalue weighted by Gasteiger charge is 2.14. The Morgan fingerprint density at radius 2 is 2.28 bits per heavy atom. The molecule has 0 spiro atoms. The predicted molar refractivity (Wildman–Crippen MR) is 71.6 cm³/mol. The molecule has 18 heavy (non-hydrogen) atoms. The fourth-order valence-corrected chi connectivity index (χ4v) is 2.36. The first-order valence-electron chi connectivity index (χ1n) is 6.04. The van der Waals surface area contributed by atoms with E-state index in [9.17, 15) is 4.39 Å². The summed E-state index contributed by atoms with van der Waals surface area (Å²) in [5.41, 5.74) is 0.893. The molecule has 0 aliphatic carbocycles. The molecule has 1 heterocycles. The van der Waals surface area contributed by atoms with Crippen LogP contribution in [-0.2, 0) is 6.42 Å². The number of nitrogens with zero attached hydrogens (tertiary/aromatic N) is 2. The van der Waals surface area contributed by atoms with Crippen LogP contribution in [0.1, 0.15) is 37.7 Å². The van der Waals surface area contributed by atoms with Crippen molar-refractivity contribution in [2.24, 2.45) is 0 Å². The quantitative estimate of drug-likeness (QED) is 0.856. The van der Waals surface area contributed by atoms with Crippen LogP contribution in [0.3, 0.4) is 0 Å². The zero-order valence-electron chi connectivity index (χ0n) is 10.5. The Hall–Kier alpha value is -1.49. The molecule has 0 radical (unpaired) electrons. The van der Waals surface area contributed by atoms with Crippen molar-refractivity contribution < 1.29 is 4.39 Å². The van der Waals surface area contributed by atoms with Crippen molar-refractivity contribution in [2.45, 2.75) is 32.7 Å². The van der Waals surface area contributed by atoms with Crippen LogP contribution in [0.2, 0.25) is 0 Å². The molecule has 1 unspecified atom stereocenters. The molecular weight excluding hydrogens is 249 g/mol. The van der Waals surface area contributed by atoms with Crippen molar-refractivity contribution in [3.05, 3.63) is 46.2 Å². The number of halogens is 1. The van der Waals surface area contributed by atoms with E-state index in [1.165, 1.54) is 12.1 Å². The van der Waals surface area contributed by atoms with Gasteiger partial charge in [0.25, 0.3) is 0 Å². The molecule has 1 aromatic carbocycles. The van der Waals surface area contributed by atoms with Gasteiger partial charge in [0.05, 0.1) is 6.04 Å². The number of nitrogens with one attached hydrogen (secondary N) is 1. The van der Waals surface area contributed by atoms with E-state index in [1.54, 1.807) is 6.07 Å². The highest BCUT2D eigenvalue weighted by Crippen LogP contribution is 2.20.